The average molecular weight is 495 g/mol. The maximum absolute atomic E-state index is 12.9. The molecule has 0 bridgehead atoms. The Balaban J connectivity index is 1.86. The van der Waals surface area contributed by atoms with Crippen molar-refractivity contribution in [3.8, 4) is 5.75 Å². The summed E-state index contributed by atoms with van der Waals surface area (Å²) in [5.41, 5.74) is 2.02. The summed E-state index contributed by atoms with van der Waals surface area (Å²) in [6.07, 6.45) is 4.17. The third-order valence-corrected chi connectivity index (χ3v) is 6.23. The van der Waals surface area contributed by atoms with E-state index in [1.165, 1.54) is 24.1 Å². The lowest BCUT2D eigenvalue weighted by Crippen LogP contribution is -2.29. The zero-order valence-electron chi connectivity index (χ0n) is 19.5. The second-order valence-corrected chi connectivity index (χ2v) is 8.56. The highest BCUT2D eigenvalue weighted by molar-refractivity contribution is 6.31. The summed E-state index contributed by atoms with van der Waals surface area (Å²) in [6.45, 7) is 5.58. The normalized spacial score (nSPS) is 12.8. The Bertz CT molecular complexity index is 1450. The Morgan fingerprint density at radius 2 is 1.91 bits per heavy atom. The number of carbonyl (C=O) groups excluding carboxylic acids is 1. The molecule has 1 amide bonds. The van der Waals surface area contributed by atoms with Crippen LogP contribution in [-0.4, -0.2) is 35.7 Å². The number of amides is 1. The number of rotatable bonds is 6. The summed E-state index contributed by atoms with van der Waals surface area (Å²) in [7, 11) is 1.48. The molecule has 2 atom stereocenters. The largest absolute Gasteiger partial charge is 0.501 e. The molecule has 10 nitrogen and oxygen atoms in total. The van der Waals surface area contributed by atoms with E-state index in [0.29, 0.717) is 10.7 Å². The van der Waals surface area contributed by atoms with Crippen molar-refractivity contribution in [1.82, 2.24) is 24.7 Å². The number of aryl methyl sites for hydroxylation is 2. The van der Waals surface area contributed by atoms with E-state index >= 15 is 0 Å². The lowest BCUT2D eigenvalue weighted by atomic mass is 9.83. The van der Waals surface area contributed by atoms with Gasteiger partial charge < -0.3 is 14.9 Å². The van der Waals surface area contributed by atoms with Crippen molar-refractivity contribution in [2.75, 3.05) is 5.32 Å². The van der Waals surface area contributed by atoms with Crippen LogP contribution >= 0.6 is 11.6 Å². The number of benzene rings is 1. The summed E-state index contributed by atoms with van der Waals surface area (Å²) in [6, 6.07) is 7.32. The lowest BCUT2D eigenvalue weighted by Gasteiger charge is -2.26. The molecule has 0 aliphatic heterocycles. The van der Waals surface area contributed by atoms with Crippen LogP contribution in [0.3, 0.4) is 0 Å². The highest BCUT2D eigenvalue weighted by atomic mass is 35.5. The van der Waals surface area contributed by atoms with Gasteiger partial charge in [0.2, 0.25) is 5.75 Å². The fourth-order valence-corrected chi connectivity index (χ4v) is 4.15. The molecule has 0 aliphatic rings. The fourth-order valence-electron chi connectivity index (χ4n) is 3.90. The van der Waals surface area contributed by atoms with Crippen molar-refractivity contribution >= 4 is 23.2 Å². The van der Waals surface area contributed by atoms with E-state index in [4.69, 9.17) is 21.1 Å². The maximum atomic E-state index is 12.9. The van der Waals surface area contributed by atoms with Gasteiger partial charge in [0, 0.05) is 30.1 Å². The number of aromatic nitrogens is 5. The first-order chi connectivity index (χ1) is 16.7. The second kappa shape index (κ2) is 9.67. The maximum Gasteiger partial charge on any atom is 0.296 e. The lowest BCUT2D eigenvalue weighted by molar-refractivity contribution is 0.101. The first kappa shape index (κ1) is 24.1. The number of aromatic hydroxyl groups is 1. The van der Waals surface area contributed by atoms with Crippen molar-refractivity contribution < 1.29 is 14.4 Å². The minimum atomic E-state index is -0.780. The van der Waals surface area contributed by atoms with Gasteiger partial charge in [0.1, 0.15) is 17.8 Å². The van der Waals surface area contributed by atoms with Crippen LogP contribution in [0.25, 0.3) is 0 Å². The molecule has 0 unspecified atom stereocenters. The molecule has 0 saturated carbocycles. The number of anilines is 1. The summed E-state index contributed by atoms with van der Waals surface area (Å²) < 4.78 is 5.92. The predicted octanol–water partition coefficient (Wildman–Crippen LogP) is 3.72. The third-order valence-electron chi connectivity index (χ3n) is 5.88. The third kappa shape index (κ3) is 4.65. The van der Waals surface area contributed by atoms with Crippen molar-refractivity contribution in [2.24, 2.45) is 7.05 Å². The summed E-state index contributed by atoms with van der Waals surface area (Å²) in [5.74, 6) is -2.23. The number of nitrogens with one attached hydrogen (secondary N) is 1. The van der Waals surface area contributed by atoms with Crippen LogP contribution in [0.15, 0.2) is 52.2 Å². The molecular formula is C24H23ClN6O4. The van der Waals surface area contributed by atoms with Crippen LogP contribution in [0.2, 0.25) is 5.02 Å². The SMILES string of the molecule is Cc1ncc([C@@H](c2ccccc2Cl)[C@@H](C)c2nc(C(=O)Nc3cnoc3)c(O)c(=O)n2C)nc1C. The smallest absolute Gasteiger partial charge is 0.296 e. The molecule has 0 aliphatic carbocycles. The van der Waals surface area contributed by atoms with Crippen LogP contribution in [0.1, 0.15) is 57.7 Å². The molecule has 0 radical (unpaired) electrons. The van der Waals surface area contributed by atoms with Crippen molar-refractivity contribution in [3.05, 3.63) is 92.5 Å². The van der Waals surface area contributed by atoms with Gasteiger partial charge in [-0.3, -0.25) is 24.1 Å². The van der Waals surface area contributed by atoms with Crippen LogP contribution in [0.5, 0.6) is 5.75 Å². The Labute approximate surface area is 205 Å². The van der Waals surface area contributed by atoms with Crippen LogP contribution in [-0.2, 0) is 7.05 Å². The number of hydrogen-bond donors (Lipinski definition) is 2. The van der Waals surface area contributed by atoms with Crippen molar-refractivity contribution in [2.45, 2.75) is 32.6 Å². The minimum Gasteiger partial charge on any atom is -0.501 e. The van der Waals surface area contributed by atoms with Gasteiger partial charge in [-0.15, -0.1) is 0 Å². The van der Waals surface area contributed by atoms with E-state index in [9.17, 15) is 14.7 Å². The van der Waals surface area contributed by atoms with Crippen LogP contribution in [0.4, 0.5) is 5.69 Å². The van der Waals surface area contributed by atoms with Gasteiger partial charge in [0.25, 0.3) is 11.5 Å². The Kier molecular flexibility index (Phi) is 6.65. The number of halogens is 1. The average Bonchev–Trinajstić information content (AvgIpc) is 3.34. The molecule has 11 heteroatoms. The highest BCUT2D eigenvalue weighted by Gasteiger charge is 2.31. The molecule has 0 fully saturated rings. The number of nitrogens with zero attached hydrogens (tertiary/aromatic N) is 5. The summed E-state index contributed by atoms with van der Waals surface area (Å²) in [4.78, 5) is 39.3. The van der Waals surface area contributed by atoms with Crippen LogP contribution in [0, 0.1) is 13.8 Å². The molecule has 4 rings (SSSR count). The molecule has 2 N–H and O–H groups in total. The Hall–Kier alpha value is -4.05. The van der Waals surface area contributed by atoms with E-state index in [1.807, 2.05) is 39.0 Å². The minimum absolute atomic E-state index is 0.255. The van der Waals surface area contributed by atoms with E-state index in [1.54, 1.807) is 12.3 Å². The number of hydrogen-bond acceptors (Lipinski definition) is 8. The summed E-state index contributed by atoms with van der Waals surface area (Å²) >= 11 is 6.57. The standard InChI is InChI=1S/C24H23ClN6O4/c1-12(19(16-7-5-6-8-17(16)25)18-10-26-13(2)14(3)28-18)22-30-20(21(32)24(34)31(22)4)23(33)29-15-9-27-35-11-15/h5-12,19,32H,1-4H3,(H,29,33)/t12-,19-/m1/s1. The Morgan fingerprint density at radius 1 is 1.17 bits per heavy atom. The van der Waals surface area contributed by atoms with Gasteiger partial charge in [0.15, 0.2) is 5.69 Å². The topological polar surface area (TPSA) is 136 Å². The molecule has 3 aromatic heterocycles. The predicted molar refractivity (Wildman–Crippen MR) is 129 cm³/mol. The monoisotopic (exact) mass is 494 g/mol. The van der Waals surface area contributed by atoms with Crippen molar-refractivity contribution in [1.29, 1.82) is 0 Å². The van der Waals surface area contributed by atoms with Gasteiger partial charge in [0.05, 0.1) is 23.3 Å². The molecule has 3 heterocycles. The van der Waals surface area contributed by atoms with E-state index in [-0.39, 0.29) is 11.5 Å². The van der Waals surface area contributed by atoms with Gasteiger partial charge >= 0.3 is 0 Å². The first-order valence-electron chi connectivity index (χ1n) is 10.7. The van der Waals surface area contributed by atoms with Crippen LogP contribution < -0.4 is 10.9 Å². The van der Waals surface area contributed by atoms with E-state index in [2.05, 4.69) is 20.4 Å². The van der Waals surface area contributed by atoms with Crippen molar-refractivity contribution in [3.63, 3.8) is 0 Å². The first-order valence-corrected chi connectivity index (χ1v) is 11.1. The number of carbonyl (C=O) groups is 1. The molecule has 4 aromatic rings. The van der Waals surface area contributed by atoms with E-state index < -0.39 is 34.7 Å². The zero-order valence-corrected chi connectivity index (χ0v) is 20.2. The quantitative estimate of drug-likeness (QED) is 0.414. The Morgan fingerprint density at radius 3 is 2.57 bits per heavy atom. The van der Waals surface area contributed by atoms with Gasteiger partial charge in [-0.25, -0.2) is 4.98 Å². The fraction of sp³-hybridized carbons (Fsp3) is 0.250. The van der Waals surface area contributed by atoms with E-state index in [0.717, 1.165) is 17.0 Å². The van der Waals surface area contributed by atoms with Gasteiger partial charge in [-0.1, -0.05) is 41.9 Å². The van der Waals surface area contributed by atoms with Gasteiger partial charge in [-0.05, 0) is 25.5 Å². The molecular weight excluding hydrogens is 472 g/mol. The molecule has 180 valence electrons. The zero-order chi connectivity index (χ0) is 25.3. The molecule has 1 aromatic carbocycles. The molecule has 0 spiro atoms. The molecule has 35 heavy (non-hydrogen) atoms. The summed E-state index contributed by atoms with van der Waals surface area (Å²) in [5, 5.41) is 17.0. The molecule has 0 saturated heterocycles. The second-order valence-electron chi connectivity index (χ2n) is 8.15. The van der Waals surface area contributed by atoms with Gasteiger partial charge in [-0.2, -0.15) is 0 Å². The highest BCUT2D eigenvalue weighted by Crippen LogP contribution is 2.39.